The van der Waals surface area contributed by atoms with Crippen LogP contribution >= 0.6 is 0 Å². The van der Waals surface area contributed by atoms with Crippen molar-refractivity contribution in [2.75, 3.05) is 0 Å². The van der Waals surface area contributed by atoms with Crippen LogP contribution < -0.4 is 0 Å². The van der Waals surface area contributed by atoms with Gasteiger partial charge in [0.1, 0.15) is 0 Å². The molecule has 0 bridgehead atoms. The van der Waals surface area contributed by atoms with Crippen LogP contribution in [0.2, 0.25) is 0 Å². The van der Waals surface area contributed by atoms with Gasteiger partial charge in [-0.05, 0) is 121 Å². The van der Waals surface area contributed by atoms with Gasteiger partial charge in [0.15, 0.2) is 0 Å². The van der Waals surface area contributed by atoms with Crippen LogP contribution in [0.1, 0.15) is 50.1 Å². The van der Waals surface area contributed by atoms with Crippen LogP contribution in [0, 0.1) is 17.8 Å². The van der Waals surface area contributed by atoms with E-state index in [4.69, 9.17) is 0 Å². The van der Waals surface area contributed by atoms with Crippen LogP contribution in [-0.4, -0.2) is 0 Å². The lowest BCUT2D eigenvalue weighted by molar-refractivity contribution is 1.18. The van der Waals surface area contributed by atoms with Crippen molar-refractivity contribution in [3.05, 3.63) is 268 Å². The Bertz CT molecular complexity index is 1690. The average Bonchev–Trinajstić information content (AvgIpc) is 3.12. The van der Waals surface area contributed by atoms with Gasteiger partial charge < -0.3 is 0 Å². The highest BCUT2D eigenvalue weighted by atomic mass is 14.2. The highest BCUT2D eigenvalue weighted by Crippen LogP contribution is 2.37. The maximum absolute atomic E-state index is 2.27. The SMILES string of the molecule is c1ccc([C+](c2ccccc2)c2ccc([C+](c3ccccc3)c3ccc([C+](c4ccccc4)c4ccccc4)cc3)cc2)cc1. The van der Waals surface area contributed by atoms with Crippen molar-refractivity contribution in [1.82, 2.24) is 0 Å². The van der Waals surface area contributed by atoms with Crippen molar-refractivity contribution in [2.45, 2.75) is 0 Å². The third-order valence-corrected chi connectivity index (χ3v) is 8.24. The minimum Gasteiger partial charge on any atom is -0.0511 e. The molecule has 0 heterocycles. The second-order valence-corrected chi connectivity index (χ2v) is 11.1. The molecule has 0 atom stereocenters. The summed E-state index contributed by atoms with van der Waals surface area (Å²) >= 11 is 0. The maximum atomic E-state index is 2.27. The standard InChI is InChI=1S/C45H33/c1-6-16-34(17-7-1)43(35-18-8-2-9-19-35)39-26-30-41(31-27-39)45(38-24-14-5-15-25-38)42-32-28-40(29-33-42)44(36-20-10-3-11-21-36)37-22-12-4-13-23-37/h1-33H/q+3. The molecule has 0 aliphatic rings. The molecule has 0 aliphatic carbocycles. The first-order valence-corrected chi connectivity index (χ1v) is 15.4. The number of hydrogen-bond donors (Lipinski definition) is 0. The normalized spacial score (nSPS) is 10.7. The number of hydrogen-bond acceptors (Lipinski definition) is 0. The molecule has 0 nitrogen and oxygen atoms in total. The molecular weight excluding hydrogens is 540 g/mol. The summed E-state index contributed by atoms with van der Waals surface area (Å²) < 4.78 is 0. The van der Waals surface area contributed by atoms with E-state index in [1.54, 1.807) is 0 Å². The van der Waals surface area contributed by atoms with Crippen LogP contribution in [0.3, 0.4) is 0 Å². The van der Waals surface area contributed by atoms with E-state index in [9.17, 15) is 0 Å². The zero-order valence-corrected chi connectivity index (χ0v) is 25.1. The molecule has 0 spiro atoms. The maximum Gasteiger partial charge on any atom is 0.0652 e. The van der Waals surface area contributed by atoms with Gasteiger partial charge in [-0.3, -0.25) is 0 Å². The molecule has 0 heteroatoms. The smallest absolute Gasteiger partial charge is 0.0511 e. The van der Waals surface area contributed by atoms with Crippen molar-refractivity contribution >= 4 is 0 Å². The predicted molar refractivity (Wildman–Crippen MR) is 187 cm³/mol. The molecular formula is C45H33+3. The lowest BCUT2D eigenvalue weighted by Crippen LogP contribution is -2.08. The Labute approximate surface area is 267 Å². The van der Waals surface area contributed by atoms with E-state index in [-0.39, 0.29) is 0 Å². The molecule has 0 N–H and O–H groups in total. The monoisotopic (exact) mass is 573 g/mol. The second-order valence-electron chi connectivity index (χ2n) is 11.1. The van der Waals surface area contributed by atoms with Crippen LogP contribution in [0.4, 0.5) is 0 Å². The molecule has 0 amide bonds. The van der Waals surface area contributed by atoms with E-state index in [1.807, 2.05) is 0 Å². The Morgan fingerprint density at radius 1 is 0.156 bits per heavy atom. The van der Waals surface area contributed by atoms with Crippen molar-refractivity contribution in [2.24, 2.45) is 0 Å². The minimum absolute atomic E-state index is 1.19. The van der Waals surface area contributed by atoms with Gasteiger partial charge in [0.25, 0.3) is 0 Å². The predicted octanol–water partition coefficient (Wildman–Crippen LogP) is 10.7. The molecule has 210 valence electrons. The van der Waals surface area contributed by atoms with E-state index >= 15 is 0 Å². The summed E-state index contributed by atoms with van der Waals surface area (Å²) in [6.45, 7) is 0. The first-order chi connectivity index (χ1) is 22.3. The van der Waals surface area contributed by atoms with Gasteiger partial charge >= 0.3 is 0 Å². The Hall–Kier alpha value is -5.85. The fourth-order valence-corrected chi connectivity index (χ4v) is 6.13. The molecule has 0 aromatic heterocycles. The van der Waals surface area contributed by atoms with Crippen LogP contribution in [0.5, 0.6) is 0 Å². The van der Waals surface area contributed by atoms with Crippen molar-refractivity contribution in [1.29, 1.82) is 0 Å². The molecule has 0 aliphatic heterocycles. The van der Waals surface area contributed by atoms with Gasteiger partial charge in [0.2, 0.25) is 0 Å². The van der Waals surface area contributed by atoms with Gasteiger partial charge in [-0.15, -0.1) is 0 Å². The summed E-state index contributed by atoms with van der Waals surface area (Å²) in [4.78, 5) is 0. The Balaban J connectivity index is 1.26. The zero-order chi connectivity index (χ0) is 30.3. The Kier molecular flexibility index (Phi) is 8.20. The number of benzene rings is 7. The molecule has 45 heavy (non-hydrogen) atoms. The lowest BCUT2D eigenvalue weighted by Gasteiger charge is -2.16. The van der Waals surface area contributed by atoms with Gasteiger partial charge in [0.05, 0.1) is 67.8 Å². The molecule has 7 aromatic rings. The third kappa shape index (κ3) is 6.13. The quantitative estimate of drug-likeness (QED) is 0.119. The van der Waals surface area contributed by atoms with Gasteiger partial charge in [-0.2, -0.15) is 0 Å². The van der Waals surface area contributed by atoms with E-state index in [2.05, 4.69) is 200 Å². The minimum atomic E-state index is 1.19. The first kappa shape index (κ1) is 28.0. The van der Waals surface area contributed by atoms with Crippen LogP contribution in [0.15, 0.2) is 200 Å². The fraction of sp³-hybridized carbons (Fsp3) is 0. The first-order valence-electron chi connectivity index (χ1n) is 15.4. The van der Waals surface area contributed by atoms with E-state index in [0.717, 1.165) is 0 Å². The summed E-state index contributed by atoms with van der Waals surface area (Å²) in [5.74, 6) is 3.69. The molecule has 7 rings (SSSR count). The topological polar surface area (TPSA) is 0 Å². The summed E-state index contributed by atoms with van der Waals surface area (Å²) in [6.07, 6.45) is 0. The van der Waals surface area contributed by atoms with Crippen LogP contribution in [-0.2, 0) is 0 Å². The third-order valence-electron chi connectivity index (χ3n) is 8.24. The highest BCUT2D eigenvalue weighted by Gasteiger charge is 2.28. The summed E-state index contributed by atoms with van der Waals surface area (Å²) in [5.41, 5.74) is 10.8. The molecule has 0 fully saturated rings. The summed E-state index contributed by atoms with van der Waals surface area (Å²) in [5, 5.41) is 0. The van der Waals surface area contributed by atoms with Crippen molar-refractivity contribution < 1.29 is 0 Å². The van der Waals surface area contributed by atoms with E-state index in [1.165, 1.54) is 67.8 Å². The van der Waals surface area contributed by atoms with Crippen molar-refractivity contribution in [3.8, 4) is 0 Å². The van der Waals surface area contributed by atoms with Gasteiger partial charge in [0, 0.05) is 48.5 Å². The Morgan fingerprint density at radius 3 is 0.444 bits per heavy atom. The van der Waals surface area contributed by atoms with Crippen LogP contribution in [0.25, 0.3) is 0 Å². The number of rotatable bonds is 9. The van der Waals surface area contributed by atoms with E-state index < -0.39 is 0 Å². The van der Waals surface area contributed by atoms with Gasteiger partial charge in [-0.1, -0.05) is 30.3 Å². The fourth-order valence-electron chi connectivity index (χ4n) is 6.13. The molecule has 0 radical (unpaired) electrons. The molecule has 0 saturated heterocycles. The lowest BCUT2D eigenvalue weighted by atomic mass is 9.80. The average molecular weight is 574 g/mol. The Morgan fingerprint density at radius 2 is 0.289 bits per heavy atom. The molecule has 0 unspecified atom stereocenters. The largest absolute Gasteiger partial charge is 0.0652 e. The van der Waals surface area contributed by atoms with Gasteiger partial charge in [-0.25, -0.2) is 0 Å². The zero-order valence-electron chi connectivity index (χ0n) is 25.1. The molecule has 0 saturated carbocycles. The summed E-state index contributed by atoms with van der Waals surface area (Å²) in [7, 11) is 0. The highest BCUT2D eigenvalue weighted by molar-refractivity contribution is 5.63. The molecule has 7 aromatic carbocycles. The van der Waals surface area contributed by atoms with Crippen molar-refractivity contribution in [3.63, 3.8) is 0 Å². The van der Waals surface area contributed by atoms with E-state index in [0.29, 0.717) is 0 Å². The summed E-state index contributed by atoms with van der Waals surface area (Å²) in [6, 6.07) is 71.5. The second kappa shape index (κ2) is 13.2.